The van der Waals surface area contributed by atoms with Crippen LogP contribution in [0.4, 0.5) is 0 Å². The van der Waals surface area contributed by atoms with Crippen LogP contribution in [-0.2, 0) is 18.9 Å². The minimum atomic E-state index is -0.680. The summed E-state index contributed by atoms with van der Waals surface area (Å²) < 4.78 is 33.1. The maximum absolute atomic E-state index is 13.7. The van der Waals surface area contributed by atoms with Crippen LogP contribution in [0.1, 0.15) is 50.1 Å². The van der Waals surface area contributed by atoms with Gasteiger partial charge in [0.2, 0.25) is 0 Å². The molecule has 1 aliphatic carbocycles. The first kappa shape index (κ1) is 23.1. The molecule has 8 heteroatoms. The molecular weight excluding hydrogens is 428 g/mol. The first-order valence-corrected chi connectivity index (χ1v) is 10.6. The highest BCUT2D eigenvalue weighted by Gasteiger charge is 2.34. The number of carbonyl (C=O) groups excluding carboxylic acids is 2. The summed E-state index contributed by atoms with van der Waals surface area (Å²) in [6.07, 6.45) is 1.42. The van der Waals surface area contributed by atoms with Crippen molar-refractivity contribution in [3.05, 3.63) is 64.2 Å². The minimum absolute atomic E-state index is 0.0245. The summed E-state index contributed by atoms with van der Waals surface area (Å²) in [6, 6.07) is 8.60. The zero-order valence-corrected chi connectivity index (χ0v) is 18.8. The second kappa shape index (κ2) is 10.3. The molecule has 0 radical (unpaired) electrons. The van der Waals surface area contributed by atoms with E-state index in [9.17, 15) is 9.59 Å². The van der Waals surface area contributed by atoms with E-state index in [2.05, 4.69) is 0 Å². The molecular formula is C25H26O8. The summed E-state index contributed by atoms with van der Waals surface area (Å²) in [5.41, 5.74) is 2.64. The maximum Gasteiger partial charge on any atom is 0.194 e. The van der Waals surface area contributed by atoms with Crippen molar-refractivity contribution in [2.45, 2.75) is 19.6 Å². The standard InChI is InChI=1S/C25H26O8/c1-15-10-18(25-30-8-5-9-31-25)22(21(11-15)33-14-29-3)17-12-19(26)23-16(24(17)27)6-4-7-20(23)32-13-28-2/h4,6-7,10-12,25H,5,8-9,13-14H2,1-3H3. The number of carbonyl (C=O) groups is 2. The van der Waals surface area contributed by atoms with E-state index in [0.29, 0.717) is 35.8 Å². The lowest BCUT2D eigenvalue weighted by atomic mass is 9.83. The van der Waals surface area contributed by atoms with Crippen LogP contribution in [0, 0.1) is 6.92 Å². The number of methoxy groups -OCH3 is 2. The van der Waals surface area contributed by atoms with Crippen LogP contribution >= 0.6 is 0 Å². The van der Waals surface area contributed by atoms with Gasteiger partial charge in [0.15, 0.2) is 31.4 Å². The molecule has 1 aliphatic heterocycles. The Morgan fingerprint density at radius 1 is 0.939 bits per heavy atom. The predicted molar refractivity (Wildman–Crippen MR) is 119 cm³/mol. The second-order valence-corrected chi connectivity index (χ2v) is 7.69. The van der Waals surface area contributed by atoms with Gasteiger partial charge in [-0.1, -0.05) is 18.2 Å². The molecule has 0 saturated carbocycles. The van der Waals surface area contributed by atoms with Crippen molar-refractivity contribution in [2.75, 3.05) is 41.0 Å². The van der Waals surface area contributed by atoms with Crippen LogP contribution in [-0.4, -0.2) is 52.6 Å². The zero-order valence-electron chi connectivity index (χ0n) is 18.8. The van der Waals surface area contributed by atoms with Crippen LogP contribution in [0.2, 0.25) is 0 Å². The molecule has 2 aromatic rings. The van der Waals surface area contributed by atoms with Gasteiger partial charge in [-0.15, -0.1) is 0 Å². The molecule has 0 N–H and O–H groups in total. The van der Waals surface area contributed by atoms with Gasteiger partial charge in [-0.05, 0) is 37.1 Å². The Morgan fingerprint density at radius 3 is 2.33 bits per heavy atom. The summed E-state index contributed by atoms with van der Waals surface area (Å²) in [7, 11) is 2.99. The lowest BCUT2D eigenvalue weighted by Gasteiger charge is -2.28. The average Bonchev–Trinajstić information content (AvgIpc) is 2.83. The number of ketones is 2. The fourth-order valence-corrected chi connectivity index (χ4v) is 3.97. The lowest BCUT2D eigenvalue weighted by Crippen LogP contribution is -2.23. The third kappa shape index (κ3) is 4.69. The highest BCUT2D eigenvalue weighted by atomic mass is 16.7. The first-order valence-electron chi connectivity index (χ1n) is 10.6. The molecule has 33 heavy (non-hydrogen) atoms. The van der Waals surface area contributed by atoms with Crippen molar-refractivity contribution >= 4 is 17.1 Å². The van der Waals surface area contributed by atoms with Gasteiger partial charge >= 0.3 is 0 Å². The second-order valence-electron chi connectivity index (χ2n) is 7.69. The van der Waals surface area contributed by atoms with Crippen LogP contribution in [0.25, 0.3) is 5.57 Å². The first-order chi connectivity index (χ1) is 16.0. The van der Waals surface area contributed by atoms with Gasteiger partial charge in [0.1, 0.15) is 11.5 Å². The molecule has 4 rings (SSSR count). The fraction of sp³-hybridized carbons (Fsp3) is 0.360. The van der Waals surface area contributed by atoms with Gasteiger partial charge < -0.3 is 28.4 Å². The van der Waals surface area contributed by atoms with Crippen LogP contribution in [0.5, 0.6) is 11.5 Å². The van der Waals surface area contributed by atoms with Crippen molar-refractivity contribution in [3.8, 4) is 11.5 Å². The normalized spacial score (nSPS) is 16.4. The molecule has 0 unspecified atom stereocenters. The summed E-state index contributed by atoms with van der Waals surface area (Å²) in [5.74, 6) is 0.0332. The van der Waals surface area contributed by atoms with E-state index in [1.54, 1.807) is 24.3 Å². The molecule has 174 valence electrons. The SMILES string of the molecule is COCOc1cccc2c1C(=O)C=C(c1c(OCOC)cc(C)cc1C1OCCCO1)C2=O. The number of ether oxygens (including phenoxy) is 6. The summed E-state index contributed by atoms with van der Waals surface area (Å²) in [5, 5.41) is 0. The van der Waals surface area contributed by atoms with Gasteiger partial charge in [-0.2, -0.15) is 0 Å². The minimum Gasteiger partial charge on any atom is -0.467 e. The van der Waals surface area contributed by atoms with Crippen LogP contribution < -0.4 is 9.47 Å². The maximum atomic E-state index is 13.7. The Bertz CT molecular complexity index is 1080. The number of aryl methyl sites for hydroxylation is 1. The van der Waals surface area contributed by atoms with Gasteiger partial charge in [-0.3, -0.25) is 9.59 Å². The van der Waals surface area contributed by atoms with Crippen LogP contribution in [0.3, 0.4) is 0 Å². The molecule has 2 aliphatic rings. The largest absolute Gasteiger partial charge is 0.467 e. The number of rotatable bonds is 8. The van der Waals surface area contributed by atoms with Gasteiger partial charge in [0, 0.05) is 36.5 Å². The van der Waals surface area contributed by atoms with Gasteiger partial charge in [0.05, 0.1) is 18.8 Å². The number of allylic oxidation sites excluding steroid dienone is 2. The van der Waals surface area contributed by atoms with E-state index >= 15 is 0 Å². The number of hydrogen-bond acceptors (Lipinski definition) is 8. The van der Waals surface area contributed by atoms with Crippen LogP contribution in [0.15, 0.2) is 36.4 Å². The van der Waals surface area contributed by atoms with E-state index in [4.69, 9.17) is 28.4 Å². The molecule has 0 amide bonds. The van der Waals surface area contributed by atoms with Crippen molar-refractivity contribution in [1.29, 1.82) is 0 Å². The van der Waals surface area contributed by atoms with E-state index in [1.807, 2.05) is 13.0 Å². The Balaban J connectivity index is 1.85. The van der Waals surface area contributed by atoms with Gasteiger partial charge in [-0.25, -0.2) is 0 Å². The van der Waals surface area contributed by atoms with E-state index in [0.717, 1.165) is 12.0 Å². The number of Topliss-reactive ketones (excluding diaryl/α,β-unsaturated/α-hetero) is 1. The summed E-state index contributed by atoms with van der Waals surface area (Å²) in [6.45, 7) is 2.90. The topological polar surface area (TPSA) is 89.5 Å². The monoisotopic (exact) mass is 454 g/mol. The molecule has 0 atom stereocenters. The molecule has 0 spiro atoms. The Hall–Kier alpha value is -3.04. The fourth-order valence-electron chi connectivity index (χ4n) is 3.97. The Morgan fingerprint density at radius 2 is 1.64 bits per heavy atom. The van der Waals surface area contributed by atoms with Crippen molar-refractivity contribution in [1.82, 2.24) is 0 Å². The number of benzene rings is 2. The highest BCUT2D eigenvalue weighted by Crippen LogP contribution is 2.41. The number of hydrogen-bond donors (Lipinski definition) is 0. The smallest absolute Gasteiger partial charge is 0.194 e. The van der Waals surface area contributed by atoms with Crippen molar-refractivity contribution in [3.63, 3.8) is 0 Å². The molecule has 2 aromatic carbocycles. The molecule has 8 nitrogen and oxygen atoms in total. The summed E-state index contributed by atoms with van der Waals surface area (Å²) in [4.78, 5) is 26.9. The van der Waals surface area contributed by atoms with E-state index in [-0.39, 0.29) is 41.9 Å². The Labute approximate surface area is 192 Å². The summed E-state index contributed by atoms with van der Waals surface area (Å²) >= 11 is 0. The Kier molecular flexibility index (Phi) is 7.20. The quantitative estimate of drug-likeness (QED) is 0.556. The zero-order chi connectivity index (χ0) is 23.4. The molecule has 1 saturated heterocycles. The van der Waals surface area contributed by atoms with Crippen molar-refractivity contribution in [2.24, 2.45) is 0 Å². The third-order valence-corrected chi connectivity index (χ3v) is 5.33. The average molecular weight is 454 g/mol. The number of fused-ring (bicyclic) bond motifs is 1. The van der Waals surface area contributed by atoms with Gasteiger partial charge in [0.25, 0.3) is 0 Å². The van der Waals surface area contributed by atoms with E-state index in [1.165, 1.54) is 20.3 Å². The third-order valence-electron chi connectivity index (χ3n) is 5.33. The lowest BCUT2D eigenvalue weighted by molar-refractivity contribution is -0.183. The predicted octanol–water partition coefficient (Wildman–Crippen LogP) is 3.86. The molecule has 0 aromatic heterocycles. The highest BCUT2D eigenvalue weighted by molar-refractivity contribution is 6.39. The van der Waals surface area contributed by atoms with E-state index < -0.39 is 6.29 Å². The molecule has 1 heterocycles. The molecule has 1 fully saturated rings. The molecule has 0 bridgehead atoms. The van der Waals surface area contributed by atoms with Crippen molar-refractivity contribution < 1.29 is 38.0 Å².